The molecule has 0 atom stereocenters. The molecule has 1 heterocycles. The lowest BCUT2D eigenvalue weighted by Gasteiger charge is -2.08. The van der Waals surface area contributed by atoms with Crippen LogP contribution in [0.15, 0.2) is 70.8 Å². The van der Waals surface area contributed by atoms with E-state index in [4.69, 9.17) is 4.74 Å². The molecule has 0 unspecified atom stereocenters. The van der Waals surface area contributed by atoms with Crippen LogP contribution in [0.2, 0.25) is 0 Å². The molecule has 0 bridgehead atoms. The zero-order valence-corrected chi connectivity index (χ0v) is 13.2. The fraction of sp³-hybridized carbons (Fsp3) is 0.0625. The van der Waals surface area contributed by atoms with Gasteiger partial charge in [0.25, 0.3) is 0 Å². The van der Waals surface area contributed by atoms with Crippen LogP contribution in [0.1, 0.15) is 11.1 Å². The van der Waals surface area contributed by atoms with Gasteiger partial charge in [-0.2, -0.15) is 5.10 Å². The number of nitrogens with zero attached hydrogens (tertiary/aromatic N) is 4. The Labute approximate surface area is 136 Å². The van der Waals surface area contributed by atoms with Crippen molar-refractivity contribution in [1.82, 2.24) is 14.9 Å². The molecule has 6 heteroatoms. The van der Waals surface area contributed by atoms with E-state index in [0.717, 1.165) is 21.3 Å². The van der Waals surface area contributed by atoms with Crippen molar-refractivity contribution < 1.29 is 4.74 Å². The Morgan fingerprint density at radius 3 is 2.59 bits per heavy atom. The third kappa shape index (κ3) is 3.79. The molecule has 0 radical (unpaired) electrons. The maximum atomic E-state index is 5.81. The highest BCUT2D eigenvalue weighted by Gasteiger charge is 2.02. The minimum atomic E-state index is 0.535. The summed E-state index contributed by atoms with van der Waals surface area (Å²) in [6.07, 6.45) is 4.79. The van der Waals surface area contributed by atoms with E-state index in [1.54, 1.807) is 6.21 Å². The first-order valence-corrected chi connectivity index (χ1v) is 7.46. The van der Waals surface area contributed by atoms with Crippen molar-refractivity contribution in [3.05, 3.63) is 76.8 Å². The fourth-order valence-electron chi connectivity index (χ4n) is 1.84. The van der Waals surface area contributed by atoms with Crippen molar-refractivity contribution in [1.29, 1.82) is 0 Å². The van der Waals surface area contributed by atoms with E-state index in [1.165, 1.54) is 17.3 Å². The minimum Gasteiger partial charge on any atom is -0.488 e. The first-order chi connectivity index (χ1) is 10.8. The molecule has 0 N–H and O–H groups in total. The van der Waals surface area contributed by atoms with Gasteiger partial charge in [-0.1, -0.05) is 30.3 Å². The van der Waals surface area contributed by atoms with E-state index in [1.807, 2.05) is 48.5 Å². The summed E-state index contributed by atoms with van der Waals surface area (Å²) in [5.74, 6) is 0.797. The van der Waals surface area contributed by atoms with Crippen molar-refractivity contribution in [3.8, 4) is 5.75 Å². The number of benzene rings is 2. The maximum absolute atomic E-state index is 5.81. The van der Waals surface area contributed by atoms with Crippen LogP contribution < -0.4 is 4.74 Å². The van der Waals surface area contributed by atoms with Gasteiger partial charge < -0.3 is 4.74 Å². The molecule has 3 rings (SSSR count). The Kier molecular flexibility index (Phi) is 4.60. The van der Waals surface area contributed by atoms with Gasteiger partial charge in [0, 0.05) is 0 Å². The van der Waals surface area contributed by atoms with Gasteiger partial charge in [0.15, 0.2) is 0 Å². The van der Waals surface area contributed by atoms with Crippen LogP contribution in [0.3, 0.4) is 0 Å². The number of rotatable bonds is 5. The smallest absolute Gasteiger partial charge is 0.141 e. The lowest BCUT2D eigenvalue weighted by molar-refractivity contribution is 0.304. The predicted molar refractivity (Wildman–Crippen MR) is 87.9 cm³/mol. The van der Waals surface area contributed by atoms with Gasteiger partial charge in [0.05, 0.1) is 10.7 Å². The molecule has 0 fully saturated rings. The second-order valence-electron chi connectivity index (χ2n) is 4.55. The quantitative estimate of drug-likeness (QED) is 0.657. The number of hydrogen-bond acceptors (Lipinski definition) is 4. The van der Waals surface area contributed by atoms with Gasteiger partial charge >= 0.3 is 0 Å². The van der Waals surface area contributed by atoms with E-state index < -0.39 is 0 Å². The van der Waals surface area contributed by atoms with E-state index >= 15 is 0 Å². The molecule has 0 aliphatic rings. The Balaban J connectivity index is 1.67. The zero-order chi connectivity index (χ0) is 15.2. The number of halogens is 1. The molecule has 2 aromatic carbocycles. The van der Waals surface area contributed by atoms with Gasteiger partial charge in [-0.05, 0) is 45.3 Å². The summed E-state index contributed by atoms with van der Waals surface area (Å²) >= 11 is 3.52. The molecular weight excluding hydrogens is 344 g/mol. The van der Waals surface area contributed by atoms with Gasteiger partial charge in [-0.3, -0.25) is 0 Å². The van der Waals surface area contributed by atoms with Crippen LogP contribution in [-0.4, -0.2) is 21.1 Å². The molecule has 0 aliphatic heterocycles. The number of aromatic nitrogens is 3. The molecule has 3 aromatic rings. The van der Waals surface area contributed by atoms with E-state index in [0.29, 0.717) is 6.61 Å². The molecule has 0 amide bonds. The van der Waals surface area contributed by atoms with E-state index in [-0.39, 0.29) is 0 Å². The third-order valence-corrected chi connectivity index (χ3v) is 3.56. The zero-order valence-electron chi connectivity index (χ0n) is 11.6. The number of ether oxygens (including phenoxy) is 1. The molecule has 22 heavy (non-hydrogen) atoms. The molecule has 0 aliphatic carbocycles. The second kappa shape index (κ2) is 7.00. The topological polar surface area (TPSA) is 52.3 Å². The Hall–Kier alpha value is -2.47. The van der Waals surface area contributed by atoms with Crippen molar-refractivity contribution >= 4 is 22.1 Å². The summed E-state index contributed by atoms with van der Waals surface area (Å²) in [6.45, 7) is 0.535. The first kappa shape index (κ1) is 14.5. The van der Waals surface area contributed by atoms with Crippen LogP contribution in [0.5, 0.6) is 5.75 Å². The first-order valence-electron chi connectivity index (χ1n) is 6.66. The molecule has 0 saturated heterocycles. The van der Waals surface area contributed by atoms with Crippen LogP contribution >= 0.6 is 15.9 Å². The Morgan fingerprint density at radius 1 is 1.09 bits per heavy atom. The standard InChI is InChI=1S/C16H13BrN4O/c17-15-8-14(9-20-21-11-18-19-12-21)6-7-16(15)22-10-13-4-2-1-3-5-13/h1-9,11-12H,10H2/b20-9-. The summed E-state index contributed by atoms with van der Waals surface area (Å²) in [7, 11) is 0. The molecule has 0 spiro atoms. The third-order valence-electron chi connectivity index (χ3n) is 2.94. The normalized spacial score (nSPS) is 11.0. The Morgan fingerprint density at radius 2 is 1.86 bits per heavy atom. The molecule has 0 saturated carbocycles. The summed E-state index contributed by atoms with van der Waals surface area (Å²) in [4.78, 5) is 0. The van der Waals surface area contributed by atoms with Crippen LogP contribution in [0.25, 0.3) is 0 Å². The second-order valence-corrected chi connectivity index (χ2v) is 5.40. The predicted octanol–water partition coefficient (Wildman–Crippen LogP) is 3.50. The maximum Gasteiger partial charge on any atom is 0.141 e. The highest BCUT2D eigenvalue weighted by atomic mass is 79.9. The SMILES string of the molecule is Brc1cc(/C=N\n2cnnc2)ccc1OCc1ccccc1. The van der Waals surface area contributed by atoms with Crippen molar-refractivity contribution in [2.45, 2.75) is 6.61 Å². The molecule has 110 valence electrons. The summed E-state index contributed by atoms with van der Waals surface area (Å²) < 4.78 is 8.23. The van der Waals surface area contributed by atoms with Crippen molar-refractivity contribution in [2.24, 2.45) is 5.10 Å². The van der Waals surface area contributed by atoms with Crippen LogP contribution in [0, 0.1) is 0 Å². The van der Waals surface area contributed by atoms with Gasteiger partial charge in [0.2, 0.25) is 0 Å². The summed E-state index contributed by atoms with van der Waals surface area (Å²) in [5.41, 5.74) is 2.08. The molecular formula is C16H13BrN4O. The lowest BCUT2D eigenvalue weighted by atomic mass is 10.2. The monoisotopic (exact) mass is 356 g/mol. The summed E-state index contributed by atoms with van der Waals surface area (Å²) in [6, 6.07) is 15.9. The van der Waals surface area contributed by atoms with Crippen molar-refractivity contribution in [3.63, 3.8) is 0 Å². The Bertz CT molecular complexity index is 757. The number of hydrogen-bond donors (Lipinski definition) is 0. The van der Waals surface area contributed by atoms with Crippen LogP contribution in [-0.2, 0) is 6.61 Å². The van der Waals surface area contributed by atoms with E-state index in [2.05, 4.69) is 31.2 Å². The van der Waals surface area contributed by atoms with E-state index in [9.17, 15) is 0 Å². The van der Waals surface area contributed by atoms with Gasteiger partial charge in [0.1, 0.15) is 25.0 Å². The highest BCUT2D eigenvalue weighted by Crippen LogP contribution is 2.26. The van der Waals surface area contributed by atoms with Crippen molar-refractivity contribution in [2.75, 3.05) is 0 Å². The average molecular weight is 357 g/mol. The van der Waals surface area contributed by atoms with Crippen LogP contribution in [0.4, 0.5) is 0 Å². The lowest BCUT2D eigenvalue weighted by Crippen LogP contribution is -1.96. The summed E-state index contributed by atoms with van der Waals surface area (Å²) in [5, 5.41) is 11.6. The molecule has 5 nitrogen and oxygen atoms in total. The van der Waals surface area contributed by atoms with Gasteiger partial charge in [-0.15, -0.1) is 10.2 Å². The van der Waals surface area contributed by atoms with Gasteiger partial charge in [-0.25, -0.2) is 4.68 Å². The molecule has 1 aromatic heterocycles. The fourth-order valence-corrected chi connectivity index (χ4v) is 2.35. The minimum absolute atomic E-state index is 0.535. The largest absolute Gasteiger partial charge is 0.488 e. The average Bonchev–Trinajstić information content (AvgIpc) is 3.06. The highest BCUT2D eigenvalue weighted by molar-refractivity contribution is 9.10.